The van der Waals surface area contributed by atoms with Crippen molar-refractivity contribution in [1.29, 1.82) is 0 Å². The molecule has 0 aromatic heterocycles. The number of methoxy groups -OCH3 is 1. The van der Waals surface area contributed by atoms with Gasteiger partial charge in [-0.25, -0.2) is 0 Å². The van der Waals surface area contributed by atoms with Crippen LogP contribution >= 0.6 is 0 Å². The van der Waals surface area contributed by atoms with Gasteiger partial charge in [0, 0.05) is 6.54 Å². The molecule has 0 saturated carbocycles. The number of esters is 1. The Hall–Kier alpha value is -0.570. The van der Waals surface area contributed by atoms with Gasteiger partial charge in [0.25, 0.3) is 0 Å². The van der Waals surface area contributed by atoms with Crippen LogP contribution in [0.2, 0.25) is 0 Å². The molecule has 0 aromatic carbocycles. The predicted molar refractivity (Wildman–Crippen MR) is 60.6 cm³/mol. The van der Waals surface area contributed by atoms with E-state index in [-0.39, 0.29) is 11.9 Å². The van der Waals surface area contributed by atoms with Crippen molar-refractivity contribution >= 4 is 5.97 Å². The predicted octanol–water partition coefficient (Wildman–Crippen LogP) is 1.92. The lowest BCUT2D eigenvalue weighted by Gasteiger charge is -2.31. The van der Waals surface area contributed by atoms with Gasteiger partial charge in [0.15, 0.2) is 0 Å². The highest BCUT2D eigenvalue weighted by Gasteiger charge is 2.24. The molecule has 0 aromatic rings. The van der Waals surface area contributed by atoms with Crippen LogP contribution in [-0.4, -0.2) is 38.1 Å². The first kappa shape index (κ1) is 12.5. The van der Waals surface area contributed by atoms with Crippen molar-refractivity contribution in [1.82, 2.24) is 4.90 Å². The van der Waals surface area contributed by atoms with E-state index < -0.39 is 0 Å². The van der Waals surface area contributed by atoms with Crippen molar-refractivity contribution < 1.29 is 9.53 Å². The Labute approximate surface area is 92.8 Å². The molecule has 15 heavy (non-hydrogen) atoms. The van der Waals surface area contributed by atoms with Crippen LogP contribution in [0, 0.1) is 11.8 Å². The van der Waals surface area contributed by atoms with Gasteiger partial charge in [-0.05, 0) is 45.2 Å². The van der Waals surface area contributed by atoms with Gasteiger partial charge in [0.1, 0.15) is 0 Å². The first-order valence-electron chi connectivity index (χ1n) is 5.93. The fourth-order valence-electron chi connectivity index (χ4n) is 2.46. The van der Waals surface area contributed by atoms with Crippen molar-refractivity contribution in [3.63, 3.8) is 0 Å². The molecule has 3 heteroatoms. The number of nitrogens with zero attached hydrogens (tertiary/aromatic N) is 1. The molecule has 88 valence electrons. The van der Waals surface area contributed by atoms with Gasteiger partial charge in [0.05, 0.1) is 13.0 Å². The molecule has 0 bridgehead atoms. The Morgan fingerprint density at radius 2 is 2.33 bits per heavy atom. The van der Waals surface area contributed by atoms with Gasteiger partial charge in [0.2, 0.25) is 0 Å². The van der Waals surface area contributed by atoms with Crippen molar-refractivity contribution in [2.45, 2.75) is 32.6 Å². The molecule has 0 radical (unpaired) electrons. The molecule has 1 saturated heterocycles. The number of likely N-dealkylation sites (tertiary alicyclic amines) is 1. The molecule has 0 N–H and O–H groups in total. The average Bonchev–Trinajstić information content (AvgIpc) is 2.25. The highest BCUT2D eigenvalue weighted by Crippen LogP contribution is 2.24. The summed E-state index contributed by atoms with van der Waals surface area (Å²) in [4.78, 5) is 13.8. The maximum Gasteiger partial charge on any atom is 0.308 e. The van der Waals surface area contributed by atoms with Crippen LogP contribution in [0.5, 0.6) is 0 Å². The van der Waals surface area contributed by atoms with Crippen LogP contribution < -0.4 is 0 Å². The van der Waals surface area contributed by atoms with E-state index in [0.29, 0.717) is 5.92 Å². The largest absolute Gasteiger partial charge is 0.469 e. The van der Waals surface area contributed by atoms with E-state index in [1.165, 1.54) is 26.5 Å². The normalized spacial score (nSPS) is 24.9. The third kappa shape index (κ3) is 3.82. The number of carbonyl (C=O) groups is 1. The smallest absolute Gasteiger partial charge is 0.308 e. The van der Waals surface area contributed by atoms with Crippen LogP contribution in [0.3, 0.4) is 0 Å². The minimum absolute atomic E-state index is 0.0364. The second-order valence-electron chi connectivity index (χ2n) is 4.63. The number of carbonyl (C=O) groups excluding carboxylic acids is 1. The zero-order valence-electron chi connectivity index (χ0n) is 10.2. The van der Waals surface area contributed by atoms with Crippen molar-refractivity contribution in [3.05, 3.63) is 0 Å². The van der Waals surface area contributed by atoms with E-state index in [1.54, 1.807) is 0 Å². The van der Waals surface area contributed by atoms with Crippen LogP contribution in [0.4, 0.5) is 0 Å². The third-order valence-electron chi connectivity index (χ3n) is 3.37. The van der Waals surface area contributed by atoms with E-state index in [1.807, 2.05) is 0 Å². The van der Waals surface area contributed by atoms with E-state index in [2.05, 4.69) is 18.9 Å². The van der Waals surface area contributed by atoms with Crippen molar-refractivity contribution in [2.24, 2.45) is 11.8 Å². The number of hydrogen-bond donors (Lipinski definition) is 0. The standard InChI is InChI=1S/C12H23NO2/c1-4-11(12(14)15-3)8-10-6-5-7-13(2)9-10/h10-11H,4-9H2,1-3H3. The summed E-state index contributed by atoms with van der Waals surface area (Å²) in [7, 11) is 3.64. The molecule has 0 spiro atoms. The molecule has 1 heterocycles. The van der Waals surface area contributed by atoms with E-state index in [9.17, 15) is 4.79 Å². The lowest BCUT2D eigenvalue weighted by molar-refractivity contribution is -0.146. The van der Waals surface area contributed by atoms with Gasteiger partial charge in [-0.3, -0.25) is 4.79 Å². The van der Waals surface area contributed by atoms with Gasteiger partial charge in [-0.2, -0.15) is 0 Å². The summed E-state index contributed by atoms with van der Waals surface area (Å²) in [5.41, 5.74) is 0. The molecule has 0 amide bonds. The monoisotopic (exact) mass is 213 g/mol. The maximum absolute atomic E-state index is 11.5. The number of piperidine rings is 1. The maximum atomic E-state index is 11.5. The summed E-state index contributed by atoms with van der Waals surface area (Å²) in [5.74, 6) is 0.741. The van der Waals surface area contributed by atoms with Crippen molar-refractivity contribution in [2.75, 3.05) is 27.2 Å². The lowest BCUT2D eigenvalue weighted by Crippen LogP contribution is -2.34. The van der Waals surface area contributed by atoms with E-state index >= 15 is 0 Å². The zero-order valence-corrected chi connectivity index (χ0v) is 10.2. The Morgan fingerprint density at radius 3 is 2.87 bits per heavy atom. The number of rotatable bonds is 4. The Bertz CT molecular complexity index is 206. The Balaban J connectivity index is 2.40. The topological polar surface area (TPSA) is 29.5 Å². The van der Waals surface area contributed by atoms with Crippen LogP contribution in [0.25, 0.3) is 0 Å². The van der Waals surface area contributed by atoms with Gasteiger partial charge < -0.3 is 9.64 Å². The zero-order chi connectivity index (χ0) is 11.3. The second-order valence-corrected chi connectivity index (χ2v) is 4.63. The summed E-state index contributed by atoms with van der Waals surface area (Å²) in [6.45, 7) is 4.40. The molecule has 1 rings (SSSR count). The number of ether oxygens (including phenoxy) is 1. The summed E-state index contributed by atoms with van der Waals surface area (Å²) < 4.78 is 4.82. The fraction of sp³-hybridized carbons (Fsp3) is 0.917. The Morgan fingerprint density at radius 1 is 1.60 bits per heavy atom. The molecular weight excluding hydrogens is 190 g/mol. The van der Waals surface area contributed by atoms with Crippen LogP contribution in [0.15, 0.2) is 0 Å². The summed E-state index contributed by atoms with van der Waals surface area (Å²) >= 11 is 0. The average molecular weight is 213 g/mol. The first-order valence-corrected chi connectivity index (χ1v) is 5.93. The molecule has 3 nitrogen and oxygen atoms in total. The first-order chi connectivity index (χ1) is 7.17. The SMILES string of the molecule is CCC(CC1CCCN(C)C1)C(=O)OC. The quantitative estimate of drug-likeness (QED) is 0.668. The second kappa shape index (κ2) is 6.11. The van der Waals surface area contributed by atoms with Gasteiger partial charge >= 0.3 is 5.97 Å². The highest BCUT2D eigenvalue weighted by molar-refractivity contribution is 5.72. The number of hydrogen-bond acceptors (Lipinski definition) is 3. The summed E-state index contributed by atoms with van der Waals surface area (Å²) in [5, 5.41) is 0. The lowest BCUT2D eigenvalue weighted by atomic mass is 9.87. The molecule has 2 unspecified atom stereocenters. The third-order valence-corrected chi connectivity index (χ3v) is 3.37. The highest BCUT2D eigenvalue weighted by atomic mass is 16.5. The van der Waals surface area contributed by atoms with Gasteiger partial charge in [-0.15, -0.1) is 0 Å². The van der Waals surface area contributed by atoms with Crippen LogP contribution in [0.1, 0.15) is 32.6 Å². The van der Waals surface area contributed by atoms with Crippen molar-refractivity contribution in [3.8, 4) is 0 Å². The molecule has 1 aliphatic heterocycles. The molecule has 1 fully saturated rings. The summed E-state index contributed by atoms with van der Waals surface area (Å²) in [6.07, 6.45) is 4.41. The van der Waals surface area contributed by atoms with Crippen LogP contribution in [-0.2, 0) is 9.53 Å². The molecule has 0 aliphatic carbocycles. The fourth-order valence-corrected chi connectivity index (χ4v) is 2.46. The molecule has 2 atom stereocenters. The van der Waals surface area contributed by atoms with Gasteiger partial charge in [-0.1, -0.05) is 6.92 Å². The summed E-state index contributed by atoms with van der Waals surface area (Å²) in [6, 6.07) is 0. The minimum atomic E-state index is -0.0364. The van der Waals surface area contributed by atoms with E-state index in [4.69, 9.17) is 4.74 Å². The van der Waals surface area contributed by atoms with E-state index in [0.717, 1.165) is 19.4 Å². The molecule has 1 aliphatic rings. The minimum Gasteiger partial charge on any atom is -0.469 e. The molecular formula is C12H23NO2. The Kier molecular flexibility index (Phi) is 5.09.